The molecule has 3 aromatic rings. The minimum atomic E-state index is -2.46. The average Bonchev–Trinajstić information content (AvgIpc) is 2.68. The third kappa shape index (κ3) is 6.65. The van der Waals surface area contributed by atoms with E-state index < -0.39 is 11.6 Å². The van der Waals surface area contributed by atoms with Gasteiger partial charge in [-0.15, -0.1) is 0 Å². The molecule has 1 aromatic heterocycles. The van der Waals surface area contributed by atoms with Crippen LogP contribution in [0.2, 0.25) is 0 Å². The third-order valence-electron chi connectivity index (χ3n) is 3.64. The lowest BCUT2D eigenvalue weighted by Crippen LogP contribution is -2.28. The second kappa shape index (κ2) is 10.1. The Morgan fingerprint density at radius 1 is 1.10 bits per heavy atom. The standard InChI is InChI=1S/C20H16F3N3OS2/c21-14-4-1-5-16(11-14)27-18-13(3-2-10-24-18)12-25-20(28)26-15-6-8-17(9-7-15)29-19(22)23/h1-11,19H,12H2,(H2,25,26,28). The first-order valence-electron chi connectivity index (χ1n) is 8.46. The summed E-state index contributed by atoms with van der Waals surface area (Å²) in [5, 5.41) is 6.36. The second-order valence-corrected chi connectivity index (χ2v) is 7.21. The Balaban J connectivity index is 1.57. The smallest absolute Gasteiger partial charge is 0.288 e. The normalized spacial score (nSPS) is 10.6. The molecule has 0 aliphatic heterocycles. The number of thiocarbonyl (C=S) groups is 1. The summed E-state index contributed by atoms with van der Waals surface area (Å²) in [6.45, 7) is 0.323. The van der Waals surface area contributed by atoms with Crippen molar-refractivity contribution in [3.05, 3.63) is 78.2 Å². The van der Waals surface area contributed by atoms with Gasteiger partial charge >= 0.3 is 0 Å². The molecule has 1 heterocycles. The van der Waals surface area contributed by atoms with Crippen LogP contribution in [-0.4, -0.2) is 15.9 Å². The van der Waals surface area contributed by atoms with Gasteiger partial charge in [-0.2, -0.15) is 8.78 Å². The molecule has 0 unspecified atom stereocenters. The summed E-state index contributed by atoms with van der Waals surface area (Å²) in [6.07, 6.45) is 1.58. The van der Waals surface area contributed by atoms with Crippen molar-refractivity contribution in [2.45, 2.75) is 17.2 Å². The van der Waals surface area contributed by atoms with E-state index in [0.717, 1.165) is 5.56 Å². The zero-order valence-electron chi connectivity index (χ0n) is 14.9. The zero-order chi connectivity index (χ0) is 20.6. The van der Waals surface area contributed by atoms with Gasteiger partial charge in [-0.25, -0.2) is 9.37 Å². The molecule has 0 saturated heterocycles. The van der Waals surface area contributed by atoms with Crippen molar-refractivity contribution in [2.75, 3.05) is 5.32 Å². The maximum Gasteiger partial charge on any atom is 0.288 e. The summed E-state index contributed by atoms with van der Waals surface area (Å²) >= 11 is 5.75. The lowest BCUT2D eigenvalue weighted by atomic mass is 10.2. The van der Waals surface area contributed by atoms with Crippen LogP contribution in [0, 0.1) is 5.82 Å². The van der Waals surface area contributed by atoms with Gasteiger partial charge in [0.2, 0.25) is 5.88 Å². The van der Waals surface area contributed by atoms with E-state index in [9.17, 15) is 13.2 Å². The topological polar surface area (TPSA) is 46.2 Å². The molecule has 0 amide bonds. The molecule has 0 fully saturated rings. The number of nitrogens with one attached hydrogen (secondary N) is 2. The van der Waals surface area contributed by atoms with Crippen LogP contribution in [0.3, 0.4) is 0 Å². The molecule has 0 aliphatic carbocycles. The van der Waals surface area contributed by atoms with E-state index in [0.29, 0.717) is 45.6 Å². The molecule has 0 saturated carbocycles. The number of aromatic nitrogens is 1. The van der Waals surface area contributed by atoms with Crippen LogP contribution < -0.4 is 15.4 Å². The van der Waals surface area contributed by atoms with E-state index in [1.165, 1.54) is 12.1 Å². The van der Waals surface area contributed by atoms with Crippen LogP contribution >= 0.6 is 24.0 Å². The monoisotopic (exact) mass is 435 g/mol. The highest BCUT2D eigenvalue weighted by Crippen LogP contribution is 2.26. The first-order chi connectivity index (χ1) is 14.0. The van der Waals surface area contributed by atoms with E-state index in [4.69, 9.17) is 17.0 Å². The van der Waals surface area contributed by atoms with E-state index in [-0.39, 0.29) is 0 Å². The van der Waals surface area contributed by atoms with Gasteiger partial charge in [0.25, 0.3) is 5.76 Å². The molecular formula is C20H16F3N3OS2. The fourth-order valence-corrected chi connectivity index (χ4v) is 3.05. The molecule has 150 valence electrons. The molecule has 0 bridgehead atoms. The van der Waals surface area contributed by atoms with Crippen LogP contribution in [-0.2, 0) is 6.54 Å². The Morgan fingerprint density at radius 3 is 2.62 bits per heavy atom. The van der Waals surface area contributed by atoms with Crippen LogP contribution in [0.5, 0.6) is 11.6 Å². The van der Waals surface area contributed by atoms with E-state index in [2.05, 4.69) is 15.6 Å². The Morgan fingerprint density at radius 2 is 1.90 bits per heavy atom. The largest absolute Gasteiger partial charge is 0.439 e. The number of hydrogen-bond acceptors (Lipinski definition) is 4. The summed E-state index contributed by atoms with van der Waals surface area (Å²) in [5.41, 5.74) is 1.40. The van der Waals surface area contributed by atoms with Gasteiger partial charge in [-0.1, -0.05) is 23.9 Å². The number of alkyl halides is 2. The highest BCUT2D eigenvalue weighted by Gasteiger charge is 2.08. The van der Waals surface area contributed by atoms with Crippen molar-refractivity contribution in [3.63, 3.8) is 0 Å². The number of ether oxygens (including phenoxy) is 1. The lowest BCUT2D eigenvalue weighted by molar-refractivity contribution is 0.252. The van der Waals surface area contributed by atoms with Gasteiger partial charge in [0.05, 0.1) is 0 Å². The number of halogens is 3. The maximum atomic E-state index is 13.3. The fourth-order valence-electron chi connectivity index (χ4n) is 2.36. The number of nitrogens with zero attached hydrogens (tertiary/aromatic N) is 1. The molecular weight excluding hydrogens is 419 g/mol. The SMILES string of the molecule is Fc1cccc(Oc2ncccc2CNC(=S)Nc2ccc(SC(F)F)cc2)c1. The Kier molecular flexibility index (Phi) is 7.31. The quantitative estimate of drug-likeness (QED) is 0.361. The molecule has 29 heavy (non-hydrogen) atoms. The molecule has 2 aromatic carbocycles. The van der Waals surface area contributed by atoms with Crippen molar-refractivity contribution in [1.82, 2.24) is 10.3 Å². The van der Waals surface area contributed by atoms with Gasteiger partial charge in [-0.3, -0.25) is 0 Å². The second-order valence-electron chi connectivity index (χ2n) is 5.74. The van der Waals surface area contributed by atoms with Gasteiger partial charge < -0.3 is 15.4 Å². The summed E-state index contributed by atoms with van der Waals surface area (Å²) in [4.78, 5) is 4.66. The average molecular weight is 435 g/mol. The molecule has 0 spiro atoms. The molecule has 0 radical (unpaired) electrons. The summed E-state index contributed by atoms with van der Waals surface area (Å²) in [7, 11) is 0. The Labute approximate surface area is 175 Å². The third-order valence-corrected chi connectivity index (χ3v) is 4.61. The number of hydrogen-bond donors (Lipinski definition) is 2. The number of pyridine rings is 1. The molecule has 4 nitrogen and oxygen atoms in total. The van der Waals surface area contributed by atoms with Crippen molar-refractivity contribution >= 4 is 34.8 Å². The van der Waals surface area contributed by atoms with Crippen LogP contribution in [0.4, 0.5) is 18.9 Å². The van der Waals surface area contributed by atoms with Crippen LogP contribution in [0.1, 0.15) is 5.56 Å². The van der Waals surface area contributed by atoms with E-state index in [1.54, 1.807) is 48.7 Å². The Bertz CT molecular complexity index is 971. The summed E-state index contributed by atoms with van der Waals surface area (Å²) < 4.78 is 43.7. The number of thioether (sulfide) groups is 1. The number of rotatable bonds is 7. The van der Waals surface area contributed by atoms with Gasteiger partial charge in [0.1, 0.15) is 11.6 Å². The van der Waals surface area contributed by atoms with Crippen molar-refractivity contribution in [1.29, 1.82) is 0 Å². The van der Waals surface area contributed by atoms with E-state index in [1.807, 2.05) is 6.07 Å². The molecule has 2 N–H and O–H groups in total. The van der Waals surface area contributed by atoms with Crippen molar-refractivity contribution < 1.29 is 17.9 Å². The van der Waals surface area contributed by atoms with E-state index >= 15 is 0 Å². The summed E-state index contributed by atoms with van der Waals surface area (Å²) in [6, 6.07) is 15.9. The predicted molar refractivity (Wildman–Crippen MR) is 112 cm³/mol. The number of anilines is 1. The number of benzene rings is 2. The van der Waals surface area contributed by atoms with Crippen molar-refractivity contribution in [3.8, 4) is 11.6 Å². The maximum absolute atomic E-state index is 13.3. The lowest BCUT2D eigenvalue weighted by Gasteiger charge is -2.13. The first kappa shape index (κ1) is 20.9. The first-order valence-corrected chi connectivity index (χ1v) is 9.75. The Hall–Kier alpha value is -2.78. The van der Waals surface area contributed by atoms with Crippen LogP contribution in [0.25, 0.3) is 0 Å². The molecule has 3 rings (SSSR count). The van der Waals surface area contributed by atoms with Gasteiger partial charge in [-0.05, 0) is 54.7 Å². The fraction of sp³-hybridized carbons (Fsp3) is 0.100. The minimum Gasteiger partial charge on any atom is -0.439 e. The highest BCUT2D eigenvalue weighted by atomic mass is 32.2. The van der Waals surface area contributed by atoms with Gasteiger partial charge in [0, 0.05) is 35.0 Å². The van der Waals surface area contributed by atoms with Crippen molar-refractivity contribution in [2.24, 2.45) is 0 Å². The minimum absolute atomic E-state index is 0.323. The molecule has 0 atom stereocenters. The molecule has 9 heteroatoms. The highest BCUT2D eigenvalue weighted by molar-refractivity contribution is 7.99. The van der Waals surface area contributed by atoms with Gasteiger partial charge in [0.15, 0.2) is 5.11 Å². The predicted octanol–water partition coefficient (Wildman–Crippen LogP) is 5.81. The molecule has 0 aliphatic rings. The summed E-state index contributed by atoms with van der Waals surface area (Å²) in [5.74, 6) is -2.18. The zero-order valence-corrected chi connectivity index (χ0v) is 16.6. The van der Waals surface area contributed by atoms with Crippen LogP contribution in [0.15, 0.2) is 71.8 Å².